The van der Waals surface area contributed by atoms with Crippen LogP contribution >= 0.6 is 0 Å². The molecule has 1 unspecified atom stereocenters. The minimum Gasteiger partial charge on any atom is -0.459 e. The average molecular weight is 663 g/mol. The number of benzene rings is 2. The van der Waals surface area contributed by atoms with Crippen LogP contribution in [0.2, 0.25) is 5.04 Å². The maximum Gasteiger partial charge on any atom is 0.343 e. The van der Waals surface area contributed by atoms with Crippen LogP contribution in [-0.4, -0.2) is 78.3 Å². The highest BCUT2D eigenvalue weighted by molar-refractivity contribution is 6.99. The molecule has 2 N–H and O–H groups in total. The Balaban J connectivity index is 1.49. The first-order chi connectivity index (χ1) is 22.0. The Morgan fingerprint density at radius 2 is 1.43 bits per heavy atom. The summed E-state index contributed by atoms with van der Waals surface area (Å²) in [6.07, 6.45) is -6.43. The van der Waals surface area contributed by atoms with Crippen LogP contribution < -0.4 is 10.4 Å². The lowest BCUT2D eigenvalue weighted by Crippen LogP contribution is -2.72. The minimum atomic E-state index is -3.52. The second-order valence-corrected chi connectivity index (χ2v) is 20.7. The molecule has 2 aromatic carbocycles. The van der Waals surface area contributed by atoms with Crippen molar-refractivity contribution < 1.29 is 48.0 Å². The van der Waals surface area contributed by atoms with Gasteiger partial charge < -0.3 is 33.6 Å². The van der Waals surface area contributed by atoms with Crippen molar-refractivity contribution in [2.24, 2.45) is 28.1 Å². The molecule has 6 fully saturated rings. The summed E-state index contributed by atoms with van der Waals surface area (Å²) in [6.45, 7) is 13.8. The zero-order chi connectivity index (χ0) is 33.7. The van der Waals surface area contributed by atoms with Gasteiger partial charge in [0.15, 0.2) is 17.8 Å². The summed E-state index contributed by atoms with van der Waals surface area (Å²) in [5.74, 6) is -4.14. The number of fused-ring (bicyclic) bond motifs is 1. The van der Waals surface area contributed by atoms with Crippen molar-refractivity contribution in [3.8, 4) is 0 Å². The van der Waals surface area contributed by atoms with Crippen LogP contribution in [0.5, 0.6) is 0 Å². The quantitative estimate of drug-likeness (QED) is 0.285. The predicted octanol–water partition coefficient (Wildman–Crippen LogP) is 2.21. The molecule has 0 aromatic heterocycles. The van der Waals surface area contributed by atoms with Gasteiger partial charge in [-0.05, 0) is 40.1 Å². The monoisotopic (exact) mass is 662 g/mol. The number of rotatable bonds is 4. The number of aliphatic hydroxyl groups is 2. The lowest BCUT2D eigenvalue weighted by atomic mass is 9.51. The Bertz CT molecular complexity index is 1650. The standard InChI is InChI=1S/C36H42O10Si/c1-19-27(38)43-26-25(46-47(32(5,6)7,20-14-10-8-11-15-20)21-16-12-9-13-17-21)34-23-18-22(31(2,3)4)33(34)24(37)28(39)44-30(33)45-36(34,29(40)42-23)35(19,26)41/h8-17,19,22-26,30,37,41H,18H2,1-7H3/t19-,22+,23-,24?,25-,26+,30+,33+,34+,35-,36-/m1/s1. The average Bonchev–Trinajstić information content (AvgIpc) is 3.73. The molecule has 10 nitrogen and oxygen atoms in total. The molecule has 4 heterocycles. The molecule has 6 aliphatic rings. The number of ether oxygens (including phenoxy) is 4. The fourth-order valence-corrected chi connectivity index (χ4v) is 15.8. The minimum absolute atomic E-state index is 0.260. The van der Waals surface area contributed by atoms with Gasteiger partial charge in [0.05, 0.1) is 22.9 Å². The van der Waals surface area contributed by atoms with E-state index in [1.54, 1.807) is 0 Å². The molecule has 0 bridgehead atoms. The highest BCUT2D eigenvalue weighted by Gasteiger charge is 3.04. The Morgan fingerprint density at radius 3 is 1.96 bits per heavy atom. The fourth-order valence-electron chi connectivity index (χ4n) is 11.1. The van der Waals surface area contributed by atoms with Crippen molar-refractivity contribution in [2.75, 3.05) is 0 Å². The second-order valence-electron chi connectivity index (χ2n) is 16.4. The van der Waals surface area contributed by atoms with Crippen molar-refractivity contribution >= 4 is 36.6 Å². The number of carbonyl (C=O) groups is 3. The van der Waals surface area contributed by atoms with E-state index < -0.39 is 101 Å². The van der Waals surface area contributed by atoms with E-state index >= 15 is 0 Å². The van der Waals surface area contributed by atoms with Gasteiger partial charge >= 0.3 is 17.9 Å². The van der Waals surface area contributed by atoms with Crippen LogP contribution in [0.3, 0.4) is 0 Å². The van der Waals surface area contributed by atoms with Gasteiger partial charge in [-0.3, -0.25) is 4.79 Å². The zero-order valence-electron chi connectivity index (χ0n) is 27.7. The van der Waals surface area contributed by atoms with Crippen LogP contribution in [0.4, 0.5) is 0 Å². The summed E-state index contributed by atoms with van der Waals surface area (Å²) in [5.41, 5.74) is -8.30. The summed E-state index contributed by atoms with van der Waals surface area (Å²) in [5, 5.41) is 26.5. The highest BCUT2D eigenvalue weighted by atomic mass is 28.4. The van der Waals surface area contributed by atoms with Crippen molar-refractivity contribution in [1.29, 1.82) is 0 Å². The van der Waals surface area contributed by atoms with Gasteiger partial charge in [0.25, 0.3) is 8.32 Å². The Morgan fingerprint density at radius 1 is 0.851 bits per heavy atom. The first-order valence-corrected chi connectivity index (χ1v) is 18.4. The normalized spacial score (nSPS) is 43.3. The number of hydrogen-bond acceptors (Lipinski definition) is 10. The molecule has 2 spiro atoms. The third-order valence-corrected chi connectivity index (χ3v) is 17.7. The number of carbonyl (C=O) groups excluding carboxylic acids is 3. The van der Waals surface area contributed by atoms with Gasteiger partial charge in [-0.15, -0.1) is 0 Å². The number of esters is 3. The summed E-state index contributed by atoms with van der Waals surface area (Å²) in [4.78, 5) is 41.5. The molecule has 8 rings (SSSR count). The summed E-state index contributed by atoms with van der Waals surface area (Å²) in [6, 6.07) is 19.7. The van der Waals surface area contributed by atoms with Gasteiger partial charge in [0, 0.05) is 0 Å². The van der Waals surface area contributed by atoms with Crippen LogP contribution in [0, 0.1) is 28.1 Å². The molecule has 4 saturated heterocycles. The fraction of sp³-hybridized carbons (Fsp3) is 0.583. The van der Waals surface area contributed by atoms with E-state index in [9.17, 15) is 24.6 Å². The number of aliphatic hydroxyl groups excluding tert-OH is 1. The lowest BCUT2D eigenvalue weighted by Gasteiger charge is -2.52. The molecule has 2 aromatic rings. The van der Waals surface area contributed by atoms with Crippen molar-refractivity contribution in [2.45, 2.75) is 102 Å². The maximum atomic E-state index is 14.5. The van der Waals surface area contributed by atoms with Crippen LogP contribution in [0.15, 0.2) is 60.7 Å². The highest BCUT2D eigenvalue weighted by Crippen LogP contribution is 2.85. The van der Waals surface area contributed by atoms with Crippen molar-refractivity contribution in [1.82, 2.24) is 0 Å². The Labute approximate surface area is 274 Å². The van der Waals surface area contributed by atoms with Crippen molar-refractivity contribution in [3.63, 3.8) is 0 Å². The number of hydrogen-bond donors (Lipinski definition) is 2. The van der Waals surface area contributed by atoms with E-state index in [2.05, 4.69) is 20.8 Å². The summed E-state index contributed by atoms with van der Waals surface area (Å²) in [7, 11) is -3.52. The van der Waals surface area contributed by atoms with Crippen LogP contribution in [0.1, 0.15) is 54.9 Å². The largest absolute Gasteiger partial charge is 0.459 e. The maximum absolute atomic E-state index is 14.5. The first-order valence-electron chi connectivity index (χ1n) is 16.5. The zero-order valence-corrected chi connectivity index (χ0v) is 28.7. The lowest BCUT2D eigenvalue weighted by molar-refractivity contribution is -0.239. The van der Waals surface area contributed by atoms with E-state index in [-0.39, 0.29) is 6.42 Å². The van der Waals surface area contributed by atoms with E-state index in [4.69, 9.17) is 23.4 Å². The van der Waals surface area contributed by atoms with Crippen LogP contribution in [-0.2, 0) is 37.8 Å². The second kappa shape index (κ2) is 9.12. The first kappa shape index (κ1) is 31.2. The van der Waals surface area contributed by atoms with Gasteiger partial charge in [-0.2, -0.15) is 0 Å². The van der Waals surface area contributed by atoms with E-state index in [1.807, 2.05) is 81.4 Å². The predicted molar refractivity (Wildman–Crippen MR) is 168 cm³/mol. The smallest absolute Gasteiger partial charge is 0.343 e. The molecule has 11 heteroatoms. The molecule has 4 aliphatic heterocycles. The molecule has 47 heavy (non-hydrogen) atoms. The van der Waals surface area contributed by atoms with Gasteiger partial charge in [0.2, 0.25) is 11.9 Å². The Hall–Kier alpha value is -3.09. The van der Waals surface area contributed by atoms with Gasteiger partial charge in [0.1, 0.15) is 6.10 Å². The molecular formula is C36H42O10Si. The SMILES string of the molecule is C[C@@H]1C(=O)O[C@H]2[C@@H](O[Si](c3ccccc3)(c3ccccc3)C(C)(C)C)[C@@]34[C@H]5C[C@@H](C(C)(C)C)[C@@]36C(O)C(=O)O[C@H]6O[C@@]4(C(=O)O5)[C@@]12O. The summed E-state index contributed by atoms with van der Waals surface area (Å²) < 4.78 is 32.7. The molecule has 0 amide bonds. The van der Waals surface area contributed by atoms with E-state index in [0.717, 1.165) is 10.4 Å². The molecule has 11 atom stereocenters. The van der Waals surface area contributed by atoms with E-state index in [1.165, 1.54) is 6.92 Å². The third kappa shape index (κ3) is 3.07. The molecule has 0 radical (unpaired) electrons. The van der Waals surface area contributed by atoms with Crippen molar-refractivity contribution in [3.05, 3.63) is 60.7 Å². The van der Waals surface area contributed by atoms with Gasteiger partial charge in [-0.25, -0.2) is 9.59 Å². The Kier molecular flexibility index (Phi) is 6.05. The third-order valence-electron chi connectivity index (χ3n) is 12.7. The van der Waals surface area contributed by atoms with Gasteiger partial charge in [-0.1, -0.05) is 102 Å². The molecule has 2 aliphatic carbocycles. The summed E-state index contributed by atoms with van der Waals surface area (Å²) >= 11 is 0. The van der Waals surface area contributed by atoms with E-state index in [0.29, 0.717) is 0 Å². The van der Waals surface area contributed by atoms with Crippen LogP contribution in [0.25, 0.3) is 0 Å². The molecule has 2 saturated carbocycles. The topological polar surface area (TPSA) is 138 Å². The molecular weight excluding hydrogens is 620 g/mol. The molecule has 250 valence electrons.